The number of hydrogen-bond donors (Lipinski definition) is 0. The predicted octanol–water partition coefficient (Wildman–Crippen LogP) is 10.0. The van der Waals surface area contributed by atoms with Crippen molar-refractivity contribution < 1.29 is 0 Å². The first-order chi connectivity index (χ1) is 21.8. The third kappa shape index (κ3) is 3.85. The van der Waals surface area contributed by atoms with E-state index in [0.717, 1.165) is 33.9 Å². The standard InChI is InChI=1S/C40H26N4/c1-3-9-27(10-4-1)30-25-41-40(42-26-30)28-15-18-32(19-16-28)44-38-14-8-7-13-33(38)36-23-29-17-20-37-34(35(29)24-39(36)44)21-22-43(37)31-11-5-2-6-12-31/h1-26H. The lowest BCUT2D eigenvalue weighted by Crippen LogP contribution is -1.95. The summed E-state index contributed by atoms with van der Waals surface area (Å²) < 4.78 is 4.64. The zero-order valence-corrected chi connectivity index (χ0v) is 23.8. The molecule has 0 unspecified atom stereocenters. The van der Waals surface area contributed by atoms with Gasteiger partial charge >= 0.3 is 0 Å². The molecule has 0 aliphatic rings. The van der Waals surface area contributed by atoms with Gasteiger partial charge in [-0.05, 0) is 83.1 Å². The molecule has 0 saturated carbocycles. The molecule has 0 saturated heterocycles. The number of nitrogens with zero attached hydrogens (tertiary/aromatic N) is 4. The Bertz CT molecular complexity index is 2450. The Morgan fingerprint density at radius 1 is 0.409 bits per heavy atom. The van der Waals surface area contributed by atoms with Crippen LogP contribution in [-0.4, -0.2) is 19.1 Å². The SMILES string of the molecule is c1ccc(-c2cnc(-c3ccc(-n4c5ccccc5c5cc6ccc7c(ccn7-c7ccccc7)c6cc54)cc3)nc2)cc1. The molecule has 6 aromatic carbocycles. The highest BCUT2D eigenvalue weighted by molar-refractivity contribution is 6.18. The average Bonchev–Trinajstić information content (AvgIpc) is 3.68. The Morgan fingerprint density at radius 2 is 1.11 bits per heavy atom. The number of para-hydroxylation sites is 2. The van der Waals surface area contributed by atoms with Crippen LogP contribution in [0.5, 0.6) is 0 Å². The Balaban J connectivity index is 1.18. The lowest BCUT2D eigenvalue weighted by atomic mass is 10.0. The number of aromatic nitrogens is 4. The zero-order valence-electron chi connectivity index (χ0n) is 23.8. The molecule has 3 heterocycles. The minimum absolute atomic E-state index is 0.717. The maximum atomic E-state index is 4.68. The second-order valence-electron chi connectivity index (χ2n) is 11.2. The van der Waals surface area contributed by atoms with Gasteiger partial charge < -0.3 is 9.13 Å². The molecule has 0 bridgehead atoms. The van der Waals surface area contributed by atoms with E-state index < -0.39 is 0 Å². The zero-order chi connectivity index (χ0) is 29.0. The van der Waals surface area contributed by atoms with Crippen LogP contribution in [0.25, 0.3) is 77.4 Å². The van der Waals surface area contributed by atoms with Crippen molar-refractivity contribution in [2.45, 2.75) is 0 Å². The van der Waals surface area contributed by atoms with Crippen LogP contribution in [0.4, 0.5) is 0 Å². The normalized spacial score (nSPS) is 11.6. The van der Waals surface area contributed by atoms with Gasteiger partial charge in [-0.25, -0.2) is 9.97 Å². The summed E-state index contributed by atoms with van der Waals surface area (Å²) in [5, 5.41) is 6.23. The van der Waals surface area contributed by atoms with Crippen LogP contribution in [0, 0.1) is 0 Å². The van der Waals surface area contributed by atoms with E-state index >= 15 is 0 Å². The van der Waals surface area contributed by atoms with Gasteiger partial charge in [-0.3, -0.25) is 0 Å². The van der Waals surface area contributed by atoms with Gasteiger partial charge in [0.05, 0.1) is 16.6 Å². The molecule has 0 radical (unpaired) electrons. The Kier molecular flexibility index (Phi) is 5.47. The molecular formula is C40H26N4. The fraction of sp³-hybridized carbons (Fsp3) is 0. The molecule has 0 amide bonds. The highest BCUT2D eigenvalue weighted by Gasteiger charge is 2.15. The number of rotatable bonds is 4. The fourth-order valence-corrected chi connectivity index (χ4v) is 6.52. The van der Waals surface area contributed by atoms with Crippen molar-refractivity contribution in [2.75, 3.05) is 0 Å². The fourth-order valence-electron chi connectivity index (χ4n) is 6.52. The monoisotopic (exact) mass is 562 g/mol. The van der Waals surface area contributed by atoms with Crippen molar-refractivity contribution in [3.8, 4) is 33.9 Å². The van der Waals surface area contributed by atoms with Crippen molar-refractivity contribution in [1.82, 2.24) is 19.1 Å². The first kappa shape index (κ1) is 24.6. The van der Waals surface area contributed by atoms with Crippen molar-refractivity contribution in [3.05, 3.63) is 158 Å². The Morgan fingerprint density at radius 3 is 1.91 bits per heavy atom. The smallest absolute Gasteiger partial charge is 0.159 e. The molecule has 206 valence electrons. The van der Waals surface area contributed by atoms with Crippen molar-refractivity contribution in [1.29, 1.82) is 0 Å². The molecule has 0 aliphatic carbocycles. The average molecular weight is 563 g/mol. The summed E-state index contributed by atoms with van der Waals surface area (Å²) in [7, 11) is 0. The molecule has 0 fully saturated rings. The molecule has 3 aromatic heterocycles. The molecule has 0 spiro atoms. The summed E-state index contributed by atoms with van der Waals surface area (Å²) in [6.45, 7) is 0. The molecule has 4 heteroatoms. The second kappa shape index (κ2) is 9.79. The van der Waals surface area contributed by atoms with Crippen LogP contribution in [0.15, 0.2) is 158 Å². The summed E-state index contributed by atoms with van der Waals surface area (Å²) in [6, 6.07) is 49.4. The largest absolute Gasteiger partial charge is 0.317 e. The van der Waals surface area contributed by atoms with E-state index in [-0.39, 0.29) is 0 Å². The minimum atomic E-state index is 0.717. The van der Waals surface area contributed by atoms with Gasteiger partial charge in [0.15, 0.2) is 5.82 Å². The number of benzene rings is 6. The number of hydrogen-bond acceptors (Lipinski definition) is 2. The maximum Gasteiger partial charge on any atom is 0.159 e. The lowest BCUT2D eigenvalue weighted by molar-refractivity contribution is 1.13. The van der Waals surface area contributed by atoms with E-state index in [1.54, 1.807) is 0 Å². The summed E-state index contributed by atoms with van der Waals surface area (Å²) in [5.41, 5.74) is 8.96. The molecule has 44 heavy (non-hydrogen) atoms. The summed E-state index contributed by atoms with van der Waals surface area (Å²) in [6.07, 6.45) is 5.97. The van der Waals surface area contributed by atoms with Gasteiger partial charge in [-0.1, -0.05) is 72.8 Å². The molecule has 0 atom stereocenters. The third-order valence-corrected chi connectivity index (χ3v) is 8.66. The number of fused-ring (bicyclic) bond motifs is 6. The van der Waals surface area contributed by atoms with Crippen LogP contribution in [0.2, 0.25) is 0 Å². The van der Waals surface area contributed by atoms with Gasteiger partial charge in [-0.15, -0.1) is 0 Å². The van der Waals surface area contributed by atoms with E-state index in [0.29, 0.717) is 0 Å². The van der Waals surface area contributed by atoms with E-state index in [2.05, 4.69) is 147 Å². The third-order valence-electron chi connectivity index (χ3n) is 8.66. The summed E-state index contributed by atoms with van der Waals surface area (Å²) in [4.78, 5) is 9.37. The van der Waals surface area contributed by atoms with Crippen LogP contribution in [0.3, 0.4) is 0 Å². The highest BCUT2D eigenvalue weighted by Crippen LogP contribution is 2.38. The van der Waals surface area contributed by atoms with Gasteiger partial charge in [0.2, 0.25) is 0 Å². The van der Waals surface area contributed by atoms with E-state index in [1.807, 2.05) is 30.6 Å². The van der Waals surface area contributed by atoms with Gasteiger partial charge in [0.1, 0.15) is 0 Å². The van der Waals surface area contributed by atoms with Crippen molar-refractivity contribution >= 4 is 43.5 Å². The Labute approximate surface area is 254 Å². The maximum absolute atomic E-state index is 4.68. The van der Waals surface area contributed by atoms with E-state index in [9.17, 15) is 0 Å². The molecule has 9 rings (SSSR count). The molecule has 4 nitrogen and oxygen atoms in total. The molecular weight excluding hydrogens is 536 g/mol. The van der Waals surface area contributed by atoms with Gasteiger partial charge in [-0.2, -0.15) is 0 Å². The molecule has 0 N–H and O–H groups in total. The first-order valence-corrected chi connectivity index (χ1v) is 14.8. The predicted molar refractivity (Wildman–Crippen MR) is 182 cm³/mol. The second-order valence-corrected chi connectivity index (χ2v) is 11.2. The van der Waals surface area contributed by atoms with Gasteiger partial charge in [0.25, 0.3) is 0 Å². The van der Waals surface area contributed by atoms with Crippen LogP contribution in [-0.2, 0) is 0 Å². The Hall–Kier alpha value is -6.00. The van der Waals surface area contributed by atoms with Crippen LogP contribution in [0.1, 0.15) is 0 Å². The molecule has 0 aliphatic heterocycles. The first-order valence-electron chi connectivity index (χ1n) is 14.8. The lowest BCUT2D eigenvalue weighted by Gasteiger charge is -2.10. The topological polar surface area (TPSA) is 35.6 Å². The van der Waals surface area contributed by atoms with E-state index in [4.69, 9.17) is 0 Å². The van der Waals surface area contributed by atoms with E-state index in [1.165, 1.54) is 43.5 Å². The summed E-state index contributed by atoms with van der Waals surface area (Å²) >= 11 is 0. The van der Waals surface area contributed by atoms with Gasteiger partial charge in [0, 0.05) is 57.3 Å². The quantitative estimate of drug-likeness (QED) is 0.214. The molecule has 9 aromatic rings. The van der Waals surface area contributed by atoms with Crippen LogP contribution < -0.4 is 0 Å². The highest BCUT2D eigenvalue weighted by atomic mass is 15.0. The van der Waals surface area contributed by atoms with Crippen molar-refractivity contribution in [3.63, 3.8) is 0 Å². The summed E-state index contributed by atoms with van der Waals surface area (Å²) in [5.74, 6) is 0.717. The van der Waals surface area contributed by atoms with Crippen LogP contribution >= 0.6 is 0 Å². The minimum Gasteiger partial charge on any atom is -0.317 e. The van der Waals surface area contributed by atoms with Crippen molar-refractivity contribution in [2.24, 2.45) is 0 Å².